The Balaban J connectivity index is 1.72. The van der Waals surface area contributed by atoms with Crippen molar-refractivity contribution in [3.05, 3.63) is 71.8 Å². The smallest absolute Gasteiger partial charge is 0.411 e. The lowest BCUT2D eigenvalue weighted by molar-refractivity contribution is -0.156. The Hall–Kier alpha value is -2.86. The average Bonchev–Trinajstić information content (AvgIpc) is 3.09. The number of hydrogen-bond acceptors (Lipinski definition) is 5. The Kier molecular flexibility index (Phi) is 7.01. The number of ether oxygens (including phenoxy) is 3. The van der Waals surface area contributed by atoms with Crippen LogP contribution in [0.4, 0.5) is 4.79 Å². The SMILES string of the molecule is CC(C)(C)OC(=O)N1CC(OCc2ccccc2)CC1(C)C(=O)OCc1ccccc1. The lowest BCUT2D eigenvalue weighted by Crippen LogP contribution is -2.52. The zero-order valence-electron chi connectivity index (χ0n) is 18.7. The summed E-state index contributed by atoms with van der Waals surface area (Å²) in [6.07, 6.45) is -0.508. The van der Waals surface area contributed by atoms with E-state index >= 15 is 0 Å². The molecule has 0 saturated carbocycles. The molecule has 2 unspecified atom stereocenters. The fourth-order valence-corrected chi connectivity index (χ4v) is 3.59. The van der Waals surface area contributed by atoms with Crippen LogP contribution in [-0.2, 0) is 32.2 Å². The van der Waals surface area contributed by atoms with Gasteiger partial charge in [-0.3, -0.25) is 4.90 Å². The van der Waals surface area contributed by atoms with Gasteiger partial charge in [-0.15, -0.1) is 0 Å². The Labute approximate surface area is 184 Å². The van der Waals surface area contributed by atoms with Crippen LogP contribution in [-0.4, -0.2) is 40.8 Å². The summed E-state index contributed by atoms with van der Waals surface area (Å²) < 4.78 is 17.2. The van der Waals surface area contributed by atoms with Crippen LogP contribution in [0.5, 0.6) is 0 Å². The molecule has 0 aliphatic carbocycles. The van der Waals surface area contributed by atoms with Crippen LogP contribution in [0.15, 0.2) is 60.7 Å². The summed E-state index contributed by atoms with van der Waals surface area (Å²) >= 11 is 0. The van der Waals surface area contributed by atoms with Gasteiger partial charge in [-0.1, -0.05) is 60.7 Å². The minimum Gasteiger partial charge on any atom is -0.459 e. The maximum atomic E-state index is 13.1. The molecule has 2 aromatic carbocycles. The van der Waals surface area contributed by atoms with Crippen molar-refractivity contribution in [2.24, 2.45) is 0 Å². The van der Waals surface area contributed by atoms with Gasteiger partial charge in [-0.05, 0) is 38.8 Å². The fraction of sp³-hybridized carbons (Fsp3) is 0.440. The van der Waals surface area contributed by atoms with Gasteiger partial charge in [-0.2, -0.15) is 0 Å². The number of esters is 1. The highest BCUT2D eigenvalue weighted by Gasteiger charge is 2.52. The van der Waals surface area contributed by atoms with Crippen LogP contribution in [0.2, 0.25) is 0 Å². The van der Waals surface area contributed by atoms with E-state index in [-0.39, 0.29) is 19.3 Å². The third-order valence-electron chi connectivity index (χ3n) is 5.20. The molecule has 2 atom stereocenters. The van der Waals surface area contributed by atoms with E-state index in [1.807, 2.05) is 60.7 Å². The van der Waals surface area contributed by atoms with Gasteiger partial charge in [0.05, 0.1) is 19.3 Å². The molecule has 0 spiro atoms. The van der Waals surface area contributed by atoms with E-state index in [1.165, 1.54) is 4.90 Å². The average molecular weight is 426 g/mol. The Morgan fingerprint density at radius 1 is 0.968 bits per heavy atom. The number of rotatable bonds is 6. The van der Waals surface area contributed by atoms with Crippen molar-refractivity contribution < 1.29 is 23.8 Å². The molecule has 2 aromatic rings. The topological polar surface area (TPSA) is 65.1 Å². The van der Waals surface area contributed by atoms with Crippen molar-refractivity contribution in [3.63, 3.8) is 0 Å². The molecule has 3 rings (SSSR count). The van der Waals surface area contributed by atoms with Crippen molar-refractivity contribution in [1.82, 2.24) is 4.90 Å². The van der Waals surface area contributed by atoms with Crippen LogP contribution in [0.1, 0.15) is 45.2 Å². The molecule has 6 nitrogen and oxygen atoms in total. The van der Waals surface area contributed by atoms with Gasteiger partial charge in [0.2, 0.25) is 0 Å². The Morgan fingerprint density at radius 3 is 2.06 bits per heavy atom. The van der Waals surface area contributed by atoms with Gasteiger partial charge in [0.1, 0.15) is 17.7 Å². The van der Waals surface area contributed by atoms with E-state index in [4.69, 9.17) is 14.2 Å². The molecular weight excluding hydrogens is 394 g/mol. The molecule has 166 valence electrons. The van der Waals surface area contributed by atoms with Crippen LogP contribution in [0.25, 0.3) is 0 Å². The van der Waals surface area contributed by atoms with E-state index < -0.39 is 23.2 Å². The van der Waals surface area contributed by atoms with Crippen molar-refractivity contribution in [2.45, 2.75) is 64.6 Å². The van der Waals surface area contributed by atoms with Crippen LogP contribution < -0.4 is 0 Å². The number of amides is 1. The standard InChI is InChI=1S/C25H31NO5/c1-24(2,3)31-23(28)26-16-21(29-17-19-11-7-5-8-12-19)15-25(26,4)22(27)30-18-20-13-9-6-10-14-20/h5-14,21H,15-18H2,1-4H3. The van der Waals surface area contributed by atoms with Crippen LogP contribution in [0, 0.1) is 0 Å². The van der Waals surface area contributed by atoms with Crippen molar-refractivity contribution in [3.8, 4) is 0 Å². The molecule has 1 saturated heterocycles. The zero-order valence-corrected chi connectivity index (χ0v) is 18.7. The number of hydrogen-bond donors (Lipinski definition) is 0. The van der Waals surface area contributed by atoms with Gasteiger partial charge in [0.25, 0.3) is 0 Å². The minimum atomic E-state index is -1.17. The summed E-state index contributed by atoms with van der Waals surface area (Å²) in [7, 11) is 0. The molecule has 1 amide bonds. The highest BCUT2D eigenvalue weighted by molar-refractivity contribution is 5.86. The molecule has 1 heterocycles. The van der Waals surface area contributed by atoms with Gasteiger partial charge in [-0.25, -0.2) is 9.59 Å². The molecule has 0 bridgehead atoms. The molecule has 6 heteroatoms. The van der Waals surface area contributed by atoms with Crippen molar-refractivity contribution in [2.75, 3.05) is 6.54 Å². The predicted octanol–water partition coefficient (Wildman–Crippen LogP) is 4.71. The van der Waals surface area contributed by atoms with Crippen molar-refractivity contribution >= 4 is 12.1 Å². The molecule has 0 aromatic heterocycles. The maximum absolute atomic E-state index is 13.1. The number of carbonyl (C=O) groups is 2. The highest BCUT2D eigenvalue weighted by Crippen LogP contribution is 2.34. The summed E-state index contributed by atoms with van der Waals surface area (Å²) in [6.45, 7) is 7.94. The third kappa shape index (κ3) is 6.07. The summed E-state index contributed by atoms with van der Waals surface area (Å²) in [6, 6.07) is 19.3. The second-order valence-electron chi connectivity index (χ2n) is 9.05. The number of carbonyl (C=O) groups excluding carboxylic acids is 2. The molecule has 1 aliphatic heterocycles. The monoisotopic (exact) mass is 425 g/mol. The third-order valence-corrected chi connectivity index (χ3v) is 5.20. The van der Waals surface area contributed by atoms with Crippen molar-refractivity contribution in [1.29, 1.82) is 0 Å². The lowest BCUT2D eigenvalue weighted by Gasteiger charge is -2.34. The van der Waals surface area contributed by atoms with Gasteiger partial charge >= 0.3 is 12.1 Å². The summed E-state index contributed by atoms with van der Waals surface area (Å²) in [5.74, 6) is -0.465. The molecule has 31 heavy (non-hydrogen) atoms. The molecule has 1 aliphatic rings. The van der Waals surface area contributed by atoms with E-state index in [1.54, 1.807) is 27.7 Å². The van der Waals surface area contributed by atoms with Crippen LogP contribution in [0.3, 0.4) is 0 Å². The molecule has 1 fully saturated rings. The zero-order chi connectivity index (χ0) is 22.5. The van der Waals surface area contributed by atoms with E-state index in [0.717, 1.165) is 11.1 Å². The summed E-state index contributed by atoms with van der Waals surface area (Å²) in [4.78, 5) is 27.5. The Bertz CT molecular complexity index is 878. The first-order valence-corrected chi connectivity index (χ1v) is 10.5. The lowest BCUT2D eigenvalue weighted by atomic mass is 9.98. The van der Waals surface area contributed by atoms with E-state index in [2.05, 4.69) is 0 Å². The molecule has 0 N–H and O–H groups in total. The molecule has 0 radical (unpaired) electrons. The van der Waals surface area contributed by atoms with Gasteiger partial charge in [0, 0.05) is 6.42 Å². The maximum Gasteiger partial charge on any atom is 0.411 e. The second-order valence-corrected chi connectivity index (χ2v) is 9.05. The first-order valence-electron chi connectivity index (χ1n) is 10.5. The minimum absolute atomic E-state index is 0.146. The van der Waals surface area contributed by atoms with E-state index in [0.29, 0.717) is 13.0 Å². The van der Waals surface area contributed by atoms with Gasteiger partial charge in [0.15, 0.2) is 0 Å². The quantitative estimate of drug-likeness (QED) is 0.627. The summed E-state index contributed by atoms with van der Waals surface area (Å²) in [5.41, 5.74) is 0.0811. The first kappa shape index (κ1) is 22.8. The number of likely N-dealkylation sites (tertiary alicyclic amines) is 1. The predicted molar refractivity (Wildman–Crippen MR) is 117 cm³/mol. The summed E-state index contributed by atoms with van der Waals surface area (Å²) in [5, 5.41) is 0. The van der Waals surface area contributed by atoms with Gasteiger partial charge < -0.3 is 14.2 Å². The molecular formula is C25H31NO5. The van der Waals surface area contributed by atoms with E-state index in [9.17, 15) is 9.59 Å². The number of benzene rings is 2. The second kappa shape index (κ2) is 9.52. The Morgan fingerprint density at radius 2 is 1.52 bits per heavy atom. The largest absolute Gasteiger partial charge is 0.459 e. The number of nitrogens with zero attached hydrogens (tertiary/aromatic N) is 1. The van der Waals surface area contributed by atoms with Crippen LogP contribution >= 0.6 is 0 Å². The first-order chi connectivity index (χ1) is 14.7. The normalized spacial score (nSPS) is 21.0. The fourth-order valence-electron chi connectivity index (χ4n) is 3.59. The highest BCUT2D eigenvalue weighted by atomic mass is 16.6.